The lowest BCUT2D eigenvalue weighted by Gasteiger charge is -2.35. The molecule has 2 atom stereocenters. The van der Waals surface area contributed by atoms with E-state index in [4.69, 9.17) is 0 Å². The first kappa shape index (κ1) is 27.3. The molecule has 0 aliphatic heterocycles. The van der Waals surface area contributed by atoms with Gasteiger partial charge in [0, 0.05) is 17.1 Å². The first-order chi connectivity index (χ1) is 16.4. The summed E-state index contributed by atoms with van der Waals surface area (Å²) in [6.45, 7) is 5.83. The number of benzene rings is 2. The molecule has 0 fully saturated rings. The molecule has 2 N–H and O–H groups in total. The van der Waals surface area contributed by atoms with Crippen molar-refractivity contribution in [1.82, 2.24) is 4.90 Å². The molecule has 0 heterocycles. The predicted octanol–water partition coefficient (Wildman–Crippen LogP) is 7.19. The topological polar surface area (TPSA) is 69.6 Å². The van der Waals surface area contributed by atoms with Crippen molar-refractivity contribution in [3.05, 3.63) is 59.7 Å². The van der Waals surface area contributed by atoms with Crippen LogP contribution in [0, 0.1) is 0 Å². The molecule has 1 aliphatic rings. The highest BCUT2D eigenvalue weighted by molar-refractivity contribution is 8.01. The van der Waals surface area contributed by atoms with Crippen LogP contribution in [0.4, 0.5) is 23.7 Å². The van der Waals surface area contributed by atoms with Crippen molar-refractivity contribution in [3.8, 4) is 0 Å². The Morgan fingerprint density at radius 1 is 1.11 bits per heavy atom. The summed E-state index contributed by atoms with van der Waals surface area (Å²) in [5.74, 6) is -0.924. The first-order valence-electron chi connectivity index (χ1n) is 11.3. The van der Waals surface area contributed by atoms with Gasteiger partial charge in [0.25, 0.3) is 0 Å². The van der Waals surface area contributed by atoms with Crippen LogP contribution in [0.25, 0.3) is 0 Å². The van der Waals surface area contributed by atoms with E-state index in [1.807, 2.05) is 31.2 Å². The van der Waals surface area contributed by atoms with Gasteiger partial charge in [-0.15, -0.1) is 11.8 Å². The highest BCUT2D eigenvalue weighted by Crippen LogP contribution is 2.49. The Bertz CT molecular complexity index is 1040. The van der Waals surface area contributed by atoms with Crippen molar-refractivity contribution in [2.45, 2.75) is 66.5 Å². The van der Waals surface area contributed by atoms with Crippen molar-refractivity contribution in [2.75, 3.05) is 11.9 Å². The van der Waals surface area contributed by atoms with Crippen LogP contribution >= 0.6 is 23.5 Å². The van der Waals surface area contributed by atoms with Crippen LogP contribution in [-0.4, -0.2) is 44.8 Å². The number of carboxylic acids is 1. The molecule has 190 valence electrons. The number of halogens is 3. The monoisotopic (exact) mass is 526 g/mol. The minimum absolute atomic E-state index is 0.0388. The third-order valence-corrected chi connectivity index (χ3v) is 8.15. The fourth-order valence-electron chi connectivity index (χ4n) is 4.00. The molecule has 2 unspecified atom stereocenters. The SMILES string of the molecule is CCCCN(C(=O)Nc1ccc(SC(F)(F)F)cc1)C1Cc2ccccc2C1SC(C)(C)C(=O)O. The number of unbranched alkanes of at least 4 members (excludes halogenated alkanes) is 1. The quantitative estimate of drug-likeness (QED) is 0.338. The van der Waals surface area contributed by atoms with Crippen molar-refractivity contribution in [2.24, 2.45) is 0 Å². The Labute approximate surface area is 211 Å². The van der Waals surface area contributed by atoms with E-state index in [1.165, 1.54) is 36.0 Å². The summed E-state index contributed by atoms with van der Waals surface area (Å²) in [7, 11) is 0. The third kappa shape index (κ3) is 7.10. The normalized spacial score (nSPS) is 17.7. The van der Waals surface area contributed by atoms with Gasteiger partial charge < -0.3 is 15.3 Å². The molecule has 0 radical (unpaired) electrons. The standard InChI is InChI=1S/C25H29F3N2O3S2/c1-4-5-14-30(23(33)29-17-10-12-18(13-11-17)34-25(26,27)28)20-15-16-8-6-7-9-19(16)21(20)35-24(2,3)22(31)32/h6-13,20-21H,4-5,14-15H2,1-3H3,(H,29,33)(H,31,32). The van der Waals surface area contributed by atoms with E-state index < -0.39 is 16.2 Å². The van der Waals surface area contributed by atoms with Crippen molar-refractivity contribution < 1.29 is 27.9 Å². The molecule has 35 heavy (non-hydrogen) atoms. The van der Waals surface area contributed by atoms with Crippen molar-refractivity contribution >= 4 is 41.2 Å². The van der Waals surface area contributed by atoms with Crippen LogP contribution in [0.5, 0.6) is 0 Å². The van der Waals surface area contributed by atoms with Crippen molar-refractivity contribution in [3.63, 3.8) is 0 Å². The maximum absolute atomic E-state index is 13.4. The van der Waals surface area contributed by atoms with Gasteiger partial charge in [-0.1, -0.05) is 37.6 Å². The lowest BCUT2D eigenvalue weighted by molar-refractivity contribution is -0.138. The largest absolute Gasteiger partial charge is 0.480 e. The molecule has 5 nitrogen and oxygen atoms in total. The maximum Gasteiger partial charge on any atom is 0.446 e. The number of rotatable bonds is 9. The number of carbonyl (C=O) groups excluding carboxylic acids is 1. The van der Waals surface area contributed by atoms with Gasteiger partial charge in [0.15, 0.2) is 0 Å². The number of hydrogen-bond donors (Lipinski definition) is 2. The molecule has 0 spiro atoms. The third-order valence-electron chi connectivity index (χ3n) is 5.83. The lowest BCUT2D eigenvalue weighted by atomic mass is 10.1. The highest BCUT2D eigenvalue weighted by atomic mass is 32.2. The van der Waals surface area contributed by atoms with Crippen molar-refractivity contribution in [1.29, 1.82) is 0 Å². The van der Waals surface area contributed by atoms with E-state index in [2.05, 4.69) is 5.32 Å². The van der Waals surface area contributed by atoms with E-state index in [9.17, 15) is 27.9 Å². The average molecular weight is 527 g/mol. The number of alkyl halides is 3. The number of urea groups is 1. The molecule has 3 rings (SSSR count). The van der Waals surface area contributed by atoms with E-state index in [1.54, 1.807) is 18.7 Å². The minimum Gasteiger partial charge on any atom is -0.480 e. The molecule has 2 aromatic carbocycles. The van der Waals surface area contributed by atoms with Crippen LogP contribution in [0.1, 0.15) is 50.0 Å². The van der Waals surface area contributed by atoms with Gasteiger partial charge in [0.1, 0.15) is 4.75 Å². The van der Waals surface area contributed by atoms with Gasteiger partial charge in [-0.05, 0) is 73.8 Å². The molecule has 0 bridgehead atoms. The summed E-state index contributed by atoms with van der Waals surface area (Å²) in [6.07, 6.45) is 2.23. The molecule has 2 aromatic rings. The number of anilines is 1. The zero-order valence-electron chi connectivity index (χ0n) is 19.8. The van der Waals surface area contributed by atoms with Gasteiger partial charge in [0.2, 0.25) is 0 Å². The Kier molecular flexibility index (Phi) is 8.69. The molecule has 1 aliphatic carbocycles. The Morgan fingerprint density at radius 2 is 1.77 bits per heavy atom. The first-order valence-corrected chi connectivity index (χ1v) is 13.0. The number of aliphatic carboxylic acids is 1. The van der Waals surface area contributed by atoms with Crippen LogP contribution in [0.3, 0.4) is 0 Å². The van der Waals surface area contributed by atoms with Gasteiger partial charge in [-0.2, -0.15) is 13.2 Å². The number of carbonyl (C=O) groups is 2. The number of fused-ring (bicyclic) bond motifs is 1. The number of nitrogens with zero attached hydrogens (tertiary/aromatic N) is 1. The van der Waals surface area contributed by atoms with Crippen LogP contribution in [0.15, 0.2) is 53.4 Å². The number of amides is 2. The predicted molar refractivity (Wildman–Crippen MR) is 135 cm³/mol. The second-order valence-corrected chi connectivity index (χ2v) is 11.8. The summed E-state index contributed by atoms with van der Waals surface area (Å²) in [6, 6.07) is 12.8. The second-order valence-electron chi connectivity index (χ2n) is 8.87. The van der Waals surface area contributed by atoms with Crippen LogP contribution in [0.2, 0.25) is 0 Å². The number of hydrogen-bond acceptors (Lipinski definition) is 4. The van der Waals surface area contributed by atoms with E-state index >= 15 is 0 Å². The molecular formula is C25H29F3N2O3S2. The Balaban J connectivity index is 1.85. The molecule has 0 saturated carbocycles. The van der Waals surface area contributed by atoms with E-state index in [0.29, 0.717) is 18.7 Å². The van der Waals surface area contributed by atoms with Crippen LogP contribution < -0.4 is 5.32 Å². The molecule has 2 amide bonds. The van der Waals surface area contributed by atoms with E-state index in [-0.39, 0.29) is 34.0 Å². The smallest absolute Gasteiger partial charge is 0.446 e. The van der Waals surface area contributed by atoms with Crippen LogP contribution in [-0.2, 0) is 11.2 Å². The fourth-order valence-corrected chi connectivity index (χ4v) is 6.03. The van der Waals surface area contributed by atoms with Gasteiger partial charge in [-0.3, -0.25) is 4.79 Å². The summed E-state index contributed by atoms with van der Waals surface area (Å²) < 4.78 is 36.8. The Hall–Kier alpha value is -2.33. The lowest BCUT2D eigenvalue weighted by Crippen LogP contribution is -2.46. The molecular weight excluding hydrogens is 497 g/mol. The average Bonchev–Trinajstić information content (AvgIpc) is 3.12. The highest BCUT2D eigenvalue weighted by Gasteiger charge is 2.43. The molecule has 0 saturated heterocycles. The van der Waals surface area contributed by atoms with E-state index in [0.717, 1.165) is 24.0 Å². The second kappa shape index (κ2) is 11.2. The summed E-state index contributed by atoms with van der Waals surface area (Å²) >= 11 is 1.12. The summed E-state index contributed by atoms with van der Waals surface area (Å²) in [5, 5.41) is 12.3. The minimum atomic E-state index is -4.38. The fraction of sp³-hybridized carbons (Fsp3) is 0.440. The summed E-state index contributed by atoms with van der Waals surface area (Å²) in [5.41, 5.74) is -1.87. The number of nitrogens with one attached hydrogen (secondary N) is 1. The number of carboxylic acid groups (broad SMARTS) is 1. The zero-order chi connectivity index (χ0) is 25.8. The van der Waals surface area contributed by atoms with Gasteiger partial charge >= 0.3 is 17.5 Å². The molecule has 0 aromatic heterocycles. The van der Waals surface area contributed by atoms with Gasteiger partial charge in [-0.25, -0.2) is 4.79 Å². The van der Waals surface area contributed by atoms with Gasteiger partial charge in [0.05, 0.1) is 11.3 Å². The number of thioether (sulfide) groups is 2. The maximum atomic E-state index is 13.4. The zero-order valence-corrected chi connectivity index (χ0v) is 21.4. The molecule has 10 heteroatoms. The summed E-state index contributed by atoms with van der Waals surface area (Å²) in [4.78, 5) is 27.1. The Morgan fingerprint density at radius 3 is 2.37 bits per heavy atom.